The molecule has 0 amide bonds. The third-order valence-corrected chi connectivity index (χ3v) is 4.48. The standard InChI is InChI=1S/C18H22FN5O4S.HI/c1-29(27,28)23-11-10-20-18(22-13-15-4-2-3-5-17(15)19)21-12-14-6-8-16(9-7-14)24(25)26;/h2-9,23H,10-13H2,1H3,(H2,20,21,22);1H. The molecule has 0 saturated heterocycles. The molecule has 2 aromatic carbocycles. The summed E-state index contributed by atoms with van der Waals surface area (Å²) in [5.74, 6) is -0.00429. The van der Waals surface area contributed by atoms with E-state index in [1.807, 2.05) is 0 Å². The van der Waals surface area contributed by atoms with Gasteiger partial charge in [-0.15, -0.1) is 24.0 Å². The summed E-state index contributed by atoms with van der Waals surface area (Å²) in [6.07, 6.45) is 1.06. The van der Waals surface area contributed by atoms with E-state index < -0.39 is 14.9 Å². The minimum Gasteiger partial charge on any atom is -0.355 e. The fourth-order valence-corrected chi connectivity index (χ4v) is 2.78. The van der Waals surface area contributed by atoms with E-state index in [-0.39, 0.29) is 61.7 Å². The average Bonchev–Trinajstić information content (AvgIpc) is 2.67. The topological polar surface area (TPSA) is 126 Å². The lowest BCUT2D eigenvalue weighted by Gasteiger charge is -2.13. The fraction of sp³-hybridized carbons (Fsp3) is 0.278. The van der Waals surface area contributed by atoms with Crippen LogP contribution in [0.1, 0.15) is 11.1 Å². The number of halogens is 2. The summed E-state index contributed by atoms with van der Waals surface area (Å²) >= 11 is 0. The normalized spacial score (nSPS) is 11.5. The molecule has 164 valence electrons. The third kappa shape index (κ3) is 9.45. The molecule has 2 aromatic rings. The molecule has 0 radical (unpaired) electrons. The maximum atomic E-state index is 13.8. The van der Waals surface area contributed by atoms with Crippen LogP contribution >= 0.6 is 24.0 Å². The molecule has 0 aliphatic heterocycles. The maximum absolute atomic E-state index is 13.8. The number of nitro benzene ring substituents is 1. The van der Waals surface area contributed by atoms with Gasteiger partial charge in [-0.05, 0) is 11.6 Å². The Morgan fingerprint density at radius 3 is 2.37 bits per heavy atom. The van der Waals surface area contributed by atoms with E-state index in [9.17, 15) is 22.9 Å². The van der Waals surface area contributed by atoms with Crippen LogP contribution in [0.4, 0.5) is 10.1 Å². The van der Waals surface area contributed by atoms with Crippen molar-refractivity contribution in [2.24, 2.45) is 4.99 Å². The zero-order chi connectivity index (χ0) is 21.3. The van der Waals surface area contributed by atoms with E-state index in [0.717, 1.165) is 11.8 Å². The summed E-state index contributed by atoms with van der Waals surface area (Å²) in [4.78, 5) is 14.6. The van der Waals surface area contributed by atoms with Crippen molar-refractivity contribution in [1.29, 1.82) is 0 Å². The largest absolute Gasteiger partial charge is 0.355 e. The number of aliphatic imine (C=N–C) groups is 1. The van der Waals surface area contributed by atoms with Crippen molar-refractivity contribution < 1.29 is 17.7 Å². The fourth-order valence-electron chi connectivity index (χ4n) is 2.31. The van der Waals surface area contributed by atoms with Crippen LogP contribution < -0.4 is 15.4 Å². The number of nitrogens with zero attached hydrogens (tertiary/aromatic N) is 2. The number of hydrogen-bond donors (Lipinski definition) is 3. The van der Waals surface area contributed by atoms with Crippen LogP contribution in [0.15, 0.2) is 53.5 Å². The van der Waals surface area contributed by atoms with Gasteiger partial charge in [0.1, 0.15) is 5.82 Å². The van der Waals surface area contributed by atoms with Gasteiger partial charge in [0.25, 0.3) is 5.69 Å². The Bertz CT molecular complexity index is 971. The molecule has 0 atom stereocenters. The lowest BCUT2D eigenvalue weighted by molar-refractivity contribution is -0.384. The highest BCUT2D eigenvalue weighted by Crippen LogP contribution is 2.12. The predicted molar refractivity (Wildman–Crippen MR) is 124 cm³/mol. The van der Waals surface area contributed by atoms with Gasteiger partial charge in [0.15, 0.2) is 5.96 Å². The first-order valence-corrected chi connectivity index (χ1v) is 10.6. The highest BCUT2D eigenvalue weighted by molar-refractivity contribution is 14.0. The number of sulfonamides is 1. The highest BCUT2D eigenvalue weighted by atomic mass is 127. The van der Waals surface area contributed by atoms with E-state index >= 15 is 0 Å². The number of benzene rings is 2. The SMILES string of the molecule is CS(=O)(=O)NCCNC(=NCc1ccc([N+](=O)[O-])cc1)NCc1ccccc1F.I. The van der Waals surface area contributed by atoms with E-state index in [2.05, 4.69) is 20.3 Å². The van der Waals surface area contributed by atoms with Crippen molar-refractivity contribution in [2.45, 2.75) is 13.1 Å². The molecular weight excluding hydrogens is 528 g/mol. The van der Waals surface area contributed by atoms with Crippen molar-refractivity contribution in [3.63, 3.8) is 0 Å². The molecule has 0 spiro atoms. The van der Waals surface area contributed by atoms with Crippen LogP contribution in [-0.2, 0) is 23.1 Å². The molecule has 0 aliphatic carbocycles. The predicted octanol–water partition coefficient (Wildman–Crippen LogP) is 2.14. The van der Waals surface area contributed by atoms with E-state index in [4.69, 9.17) is 0 Å². The van der Waals surface area contributed by atoms with Crippen molar-refractivity contribution in [2.75, 3.05) is 19.3 Å². The first-order chi connectivity index (χ1) is 13.7. The lowest BCUT2D eigenvalue weighted by Crippen LogP contribution is -2.41. The van der Waals surface area contributed by atoms with Crippen molar-refractivity contribution in [1.82, 2.24) is 15.4 Å². The molecule has 0 bridgehead atoms. The number of nitrogens with one attached hydrogen (secondary N) is 3. The third-order valence-electron chi connectivity index (χ3n) is 3.75. The van der Waals surface area contributed by atoms with Crippen LogP contribution in [0.3, 0.4) is 0 Å². The van der Waals surface area contributed by atoms with Gasteiger partial charge in [-0.1, -0.05) is 30.3 Å². The lowest BCUT2D eigenvalue weighted by atomic mass is 10.2. The molecule has 9 nitrogen and oxygen atoms in total. The van der Waals surface area contributed by atoms with Gasteiger partial charge in [0.2, 0.25) is 10.0 Å². The van der Waals surface area contributed by atoms with E-state index in [1.165, 1.54) is 18.2 Å². The zero-order valence-electron chi connectivity index (χ0n) is 16.2. The number of non-ortho nitro benzene ring substituents is 1. The zero-order valence-corrected chi connectivity index (χ0v) is 19.3. The Morgan fingerprint density at radius 2 is 1.77 bits per heavy atom. The second kappa shape index (κ2) is 12.4. The first kappa shape index (κ1) is 25.7. The second-order valence-electron chi connectivity index (χ2n) is 6.13. The van der Waals surface area contributed by atoms with Crippen molar-refractivity contribution in [3.05, 3.63) is 75.6 Å². The van der Waals surface area contributed by atoms with Gasteiger partial charge in [-0.25, -0.2) is 22.5 Å². The van der Waals surface area contributed by atoms with Gasteiger partial charge in [-0.2, -0.15) is 0 Å². The Balaban J connectivity index is 0.00000450. The molecule has 2 rings (SSSR count). The number of rotatable bonds is 9. The summed E-state index contributed by atoms with van der Waals surface area (Å²) in [6.45, 7) is 0.815. The van der Waals surface area contributed by atoms with E-state index in [0.29, 0.717) is 11.5 Å². The van der Waals surface area contributed by atoms with E-state index in [1.54, 1.807) is 30.3 Å². The van der Waals surface area contributed by atoms with Crippen molar-refractivity contribution >= 4 is 45.6 Å². The average molecular weight is 551 g/mol. The molecule has 12 heteroatoms. The molecule has 0 heterocycles. The summed E-state index contributed by atoms with van der Waals surface area (Å²) in [7, 11) is -3.30. The van der Waals surface area contributed by atoms with Gasteiger partial charge in [-0.3, -0.25) is 10.1 Å². The Hall–Kier alpha value is -2.32. The number of hydrogen-bond acceptors (Lipinski definition) is 5. The van der Waals surface area contributed by atoms with Gasteiger partial charge >= 0.3 is 0 Å². The molecule has 0 unspecified atom stereocenters. The Kier molecular flexibility index (Phi) is 10.6. The van der Waals surface area contributed by atoms with Crippen LogP contribution in [0.5, 0.6) is 0 Å². The van der Waals surface area contributed by atoms with Gasteiger partial charge in [0, 0.05) is 37.3 Å². The molecule has 0 saturated carbocycles. The Labute approximate surface area is 191 Å². The summed E-state index contributed by atoms with van der Waals surface area (Å²) < 4.78 is 38.4. The van der Waals surface area contributed by atoms with Crippen LogP contribution in [0.25, 0.3) is 0 Å². The summed E-state index contributed by atoms with van der Waals surface area (Å²) in [5, 5.41) is 16.7. The molecule has 0 aromatic heterocycles. The van der Waals surface area contributed by atoms with Crippen LogP contribution in [-0.4, -0.2) is 38.6 Å². The summed E-state index contributed by atoms with van der Waals surface area (Å²) in [5.41, 5.74) is 1.18. The quantitative estimate of drug-likeness (QED) is 0.110. The van der Waals surface area contributed by atoms with Gasteiger partial charge < -0.3 is 10.6 Å². The Morgan fingerprint density at radius 1 is 1.10 bits per heavy atom. The maximum Gasteiger partial charge on any atom is 0.269 e. The molecular formula is C18H23FIN5O4S. The van der Waals surface area contributed by atoms with Gasteiger partial charge in [0.05, 0.1) is 17.7 Å². The van der Waals surface area contributed by atoms with Crippen molar-refractivity contribution in [3.8, 4) is 0 Å². The highest BCUT2D eigenvalue weighted by Gasteiger charge is 2.06. The molecule has 0 aliphatic rings. The first-order valence-electron chi connectivity index (χ1n) is 8.68. The minimum absolute atomic E-state index is 0. The molecule has 3 N–H and O–H groups in total. The number of guanidine groups is 1. The van der Waals surface area contributed by atoms with Crippen LogP contribution in [0.2, 0.25) is 0 Å². The number of nitro groups is 1. The minimum atomic E-state index is -3.30. The monoisotopic (exact) mass is 551 g/mol. The molecule has 30 heavy (non-hydrogen) atoms. The summed E-state index contributed by atoms with van der Waals surface area (Å²) in [6, 6.07) is 12.3. The molecule has 0 fully saturated rings. The second-order valence-corrected chi connectivity index (χ2v) is 7.96. The smallest absolute Gasteiger partial charge is 0.269 e. The van der Waals surface area contributed by atoms with Crippen LogP contribution in [0, 0.1) is 15.9 Å².